The summed E-state index contributed by atoms with van der Waals surface area (Å²) in [5.74, 6) is 0. The quantitative estimate of drug-likeness (QED) is 0.440. The minimum atomic E-state index is -0.372. The third-order valence-corrected chi connectivity index (χ3v) is 0.674. The molecule has 0 aliphatic heterocycles. The molecule has 1 N–H and O–H groups in total. The minimum absolute atomic E-state index is 0.283. The van der Waals surface area contributed by atoms with Crippen LogP contribution in [0.15, 0.2) is 0 Å². The molecule has 2 nitrogen and oxygen atoms in total. The Kier molecular flexibility index (Phi) is 3.61. The van der Waals surface area contributed by atoms with Crippen LogP contribution in [-0.4, -0.2) is 11.5 Å². The normalized spacial score (nSPS) is 8.14. The third kappa shape index (κ3) is 5.63. The number of hydrogen-bond acceptors (Lipinski definition) is 2. The Morgan fingerprint density at radius 2 is 2.43 bits per heavy atom. The van der Waals surface area contributed by atoms with Crippen LogP contribution in [0.1, 0.15) is 12.8 Å². The fraction of sp³-hybridized carbons (Fsp3) is 0.500. The van der Waals surface area contributed by atoms with E-state index in [0.717, 1.165) is 0 Å². The minimum Gasteiger partial charge on any atom is -0.313 e. The van der Waals surface area contributed by atoms with Gasteiger partial charge in [-0.1, -0.05) is 0 Å². The summed E-state index contributed by atoms with van der Waals surface area (Å²) in [7, 11) is 0. The van der Waals surface area contributed by atoms with Gasteiger partial charge in [0.1, 0.15) is 0 Å². The monoisotopic (exact) mass is 119 g/mol. The molecule has 0 atom stereocenters. The molecule has 0 unspecified atom stereocenters. The van der Waals surface area contributed by atoms with E-state index in [4.69, 9.17) is 17.0 Å². The molecule has 0 saturated heterocycles. The maximum absolute atomic E-state index is 9.86. The molecule has 0 heterocycles. The lowest BCUT2D eigenvalue weighted by Crippen LogP contribution is -1.84. The SMILES string of the molecule is N=CCCC(=O)Cl. The lowest BCUT2D eigenvalue weighted by Gasteiger charge is -1.79. The highest BCUT2D eigenvalue weighted by Crippen LogP contribution is 1.89. The molecule has 0 aromatic heterocycles. The molecule has 0 aromatic carbocycles. The first kappa shape index (κ1) is 6.63. The van der Waals surface area contributed by atoms with E-state index in [1.807, 2.05) is 0 Å². The maximum Gasteiger partial charge on any atom is 0.221 e. The number of carbonyl (C=O) groups excluding carboxylic acids is 1. The van der Waals surface area contributed by atoms with Crippen LogP contribution >= 0.6 is 11.6 Å². The first-order chi connectivity index (χ1) is 3.27. The topological polar surface area (TPSA) is 40.9 Å². The standard InChI is InChI=1S/C4H6ClNO/c5-4(7)2-1-3-6/h3,6H,1-2H2. The van der Waals surface area contributed by atoms with Crippen molar-refractivity contribution in [1.82, 2.24) is 0 Å². The lowest BCUT2D eigenvalue weighted by molar-refractivity contribution is -0.111. The van der Waals surface area contributed by atoms with Crippen molar-refractivity contribution < 1.29 is 4.79 Å². The summed E-state index contributed by atoms with van der Waals surface area (Å²) in [5, 5.41) is 6.09. The second-order valence-electron chi connectivity index (χ2n) is 1.10. The van der Waals surface area contributed by atoms with Crippen molar-refractivity contribution in [2.24, 2.45) is 0 Å². The van der Waals surface area contributed by atoms with Gasteiger partial charge in [0.2, 0.25) is 5.24 Å². The molecule has 0 saturated carbocycles. The predicted octanol–water partition coefficient (Wildman–Crippen LogP) is 1.18. The van der Waals surface area contributed by atoms with Gasteiger partial charge in [-0.25, -0.2) is 0 Å². The summed E-state index contributed by atoms with van der Waals surface area (Å²) < 4.78 is 0. The molecule has 0 aromatic rings. The summed E-state index contributed by atoms with van der Waals surface area (Å²) in [5.41, 5.74) is 0. The van der Waals surface area contributed by atoms with E-state index in [1.165, 1.54) is 6.21 Å². The molecule has 0 fully saturated rings. The van der Waals surface area contributed by atoms with Gasteiger partial charge in [0.05, 0.1) is 0 Å². The molecule has 7 heavy (non-hydrogen) atoms. The van der Waals surface area contributed by atoms with E-state index < -0.39 is 0 Å². The maximum atomic E-state index is 9.86. The van der Waals surface area contributed by atoms with Crippen LogP contribution in [0.4, 0.5) is 0 Å². The zero-order chi connectivity index (χ0) is 5.70. The Morgan fingerprint density at radius 3 is 2.57 bits per heavy atom. The Balaban J connectivity index is 2.97. The van der Waals surface area contributed by atoms with Crippen molar-refractivity contribution >= 4 is 23.1 Å². The number of carbonyl (C=O) groups is 1. The van der Waals surface area contributed by atoms with E-state index in [9.17, 15) is 4.79 Å². The smallest absolute Gasteiger partial charge is 0.221 e. The van der Waals surface area contributed by atoms with Crippen molar-refractivity contribution in [2.45, 2.75) is 12.8 Å². The van der Waals surface area contributed by atoms with Gasteiger partial charge in [0.15, 0.2) is 0 Å². The average Bonchev–Trinajstić information content (AvgIpc) is 1.61. The number of nitrogens with one attached hydrogen (secondary N) is 1. The zero-order valence-electron chi connectivity index (χ0n) is 3.78. The van der Waals surface area contributed by atoms with Gasteiger partial charge in [-0.15, -0.1) is 0 Å². The first-order valence-electron chi connectivity index (χ1n) is 1.94. The predicted molar refractivity (Wildman–Crippen MR) is 28.9 cm³/mol. The van der Waals surface area contributed by atoms with E-state index in [-0.39, 0.29) is 11.7 Å². The summed E-state index contributed by atoms with van der Waals surface area (Å²) in [6.45, 7) is 0. The Hall–Kier alpha value is -0.370. The molecule has 3 heteroatoms. The molecule has 0 aliphatic rings. The van der Waals surface area contributed by atoms with Crippen LogP contribution in [-0.2, 0) is 4.79 Å². The van der Waals surface area contributed by atoms with Gasteiger partial charge >= 0.3 is 0 Å². The summed E-state index contributed by atoms with van der Waals surface area (Å²) in [4.78, 5) is 9.86. The van der Waals surface area contributed by atoms with Crippen molar-refractivity contribution in [3.8, 4) is 0 Å². The van der Waals surface area contributed by atoms with Crippen molar-refractivity contribution in [2.75, 3.05) is 0 Å². The van der Waals surface area contributed by atoms with Gasteiger partial charge in [-0.05, 0) is 24.2 Å². The summed E-state index contributed by atoms with van der Waals surface area (Å²) >= 11 is 4.91. The number of hydrogen-bond donors (Lipinski definition) is 1. The van der Waals surface area contributed by atoms with E-state index >= 15 is 0 Å². The average molecular weight is 120 g/mol. The van der Waals surface area contributed by atoms with Crippen LogP contribution in [0, 0.1) is 5.41 Å². The van der Waals surface area contributed by atoms with E-state index in [2.05, 4.69) is 0 Å². The highest BCUT2D eigenvalue weighted by atomic mass is 35.5. The van der Waals surface area contributed by atoms with Crippen molar-refractivity contribution in [3.05, 3.63) is 0 Å². The van der Waals surface area contributed by atoms with Crippen molar-refractivity contribution in [3.63, 3.8) is 0 Å². The molecular weight excluding hydrogens is 114 g/mol. The molecule has 0 radical (unpaired) electrons. The van der Waals surface area contributed by atoms with Crippen LogP contribution in [0.2, 0.25) is 0 Å². The Morgan fingerprint density at radius 1 is 1.86 bits per heavy atom. The number of rotatable bonds is 3. The van der Waals surface area contributed by atoms with E-state index in [0.29, 0.717) is 6.42 Å². The molecular formula is C4H6ClNO. The van der Waals surface area contributed by atoms with Gasteiger partial charge in [-0.3, -0.25) is 4.79 Å². The molecule has 0 spiro atoms. The third-order valence-electron chi connectivity index (χ3n) is 0.485. The molecule has 40 valence electrons. The fourth-order valence-electron chi connectivity index (χ4n) is 0.186. The van der Waals surface area contributed by atoms with Gasteiger partial charge in [0, 0.05) is 6.42 Å². The second kappa shape index (κ2) is 3.81. The highest BCUT2D eigenvalue weighted by molar-refractivity contribution is 6.63. The Labute approximate surface area is 47.0 Å². The van der Waals surface area contributed by atoms with Crippen molar-refractivity contribution in [1.29, 1.82) is 5.41 Å². The van der Waals surface area contributed by atoms with E-state index in [1.54, 1.807) is 0 Å². The molecule has 0 rings (SSSR count). The second-order valence-corrected chi connectivity index (χ2v) is 1.52. The summed E-state index contributed by atoms with van der Waals surface area (Å²) in [6.07, 6.45) is 1.91. The molecule has 0 amide bonds. The highest BCUT2D eigenvalue weighted by Gasteiger charge is 1.89. The largest absolute Gasteiger partial charge is 0.313 e. The molecule has 0 bridgehead atoms. The van der Waals surface area contributed by atoms with Gasteiger partial charge < -0.3 is 5.41 Å². The van der Waals surface area contributed by atoms with Crippen LogP contribution < -0.4 is 0 Å². The van der Waals surface area contributed by atoms with Gasteiger partial charge in [-0.2, -0.15) is 0 Å². The summed E-state index contributed by atoms with van der Waals surface area (Å²) in [6, 6.07) is 0. The number of halogens is 1. The van der Waals surface area contributed by atoms with Crippen LogP contribution in [0.5, 0.6) is 0 Å². The lowest BCUT2D eigenvalue weighted by atomic mass is 10.4. The van der Waals surface area contributed by atoms with Gasteiger partial charge in [0.25, 0.3) is 0 Å². The first-order valence-corrected chi connectivity index (χ1v) is 2.32. The van der Waals surface area contributed by atoms with Crippen LogP contribution in [0.25, 0.3) is 0 Å². The Bertz CT molecular complexity index is 81.8. The zero-order valence-corrected chi connectivity index (χ0v) is 4.53. The molecule has 0 aliphatic carbocycles. The fourth-order valence-corrected chi connectivity index (χ4v) is 0.295. The van der Waals surface area contributed by atoms with Crippen LogP contribution in [0.3, 0.4) is 0 Å².